The molecule has 3 heterocycles. The van der Waals surface area contributed by atoms with Crippen molar-refractivity contribution in [3.8, 4) is 11.5 Å². The number of benzene rings is 3. The Labute approximate surface area is 270 Å². The molecule has 12 nitrogen and oxygen atoms in total. The Morgan fingerprint density at radius 3 is 2.22 bits per heavy atom. The van der Waals surface area contributed by atoms with Crippen molar-refractivity contribution in [1.82, 2.24) is 0 Å². The maximum absolute atomic E-state index is 13.1. The molecule has 0 atom stereocenters. The van der Waals surface area contributed by atoms with Gasteiger partial charge in [0.2, 0.25) is 5.90 Å². The Balaban J connectivity index is 1.28. The number of rotatable bonds is 8. The molecule has 0 bridgehead atoms. The second-order valence-electron chi connectivity index (χ2n) is 9.23. The summed E-state index contributed by atoms with van der Waals surface area (Å²) >= 11 is 15.0. The molecule has 1 aliphatic heterocycles. The number of nitro benzene ring substituents is 2. The summed E-state index contributed by atoms with van der Waals surface area (Å²) < 4.78 is 17.6. The molecule has 0 saturated carbocycles. The Hall–Kier alpha value is -4.89. The maximum Gasteiger partial charge on any atom is 0.363 e. The van der Waals surface area contributed by atoms with Gasteiger partial charge >= 0.3 is 11.9 Å². The molecule has 226 valence electrons. The van der Waals surface area contributed by atoms with Gasteiger partial charge < -0.3 is 14.2 Å². The number of nitro groups is 2. The molecule has 6 rings (SSSR count). The van der Waals surface area contributed by atoms with Gasteiger partial charge in [0.25, 0.3) is 11.4 Å². The number of ether oxygens (including phenoxy) is 3. The van der Waals surface area contributed by atoms with Gasteiger partial charge in [0, 0.05) is 44.4 Å². The van der Waals surface area contributed by atoms with E-state index in [0.717, 1.165) is 22.7 Å². The smallest absolute Gasteiger partial charge is 0.363 e. The van der Waals surface area contributed by atoms with Gasteiger partial charge in [-0.2, -0.15) is 0 Å². The van der Waals surface area contributed by atoms with E-state index in [9.17, 15) is 29.8 Å². The second kappa shape index (κ2) is 11.9. The van der Waals surface area contributed by atoms with Crippen molar-refractivity contribution in [1.29, 1.82) is 0 Å². The first kappa shape index (κ1) is 30.1. The van der Waals surface area contributed by atoms with Crippen LogP contribution >= 0.6 is 45.9 Å². The number of nitrogens with zero attached hydrogens (tertiary/aromatic N) is 3. The lowest BCUT2D eigenvalue weighted by molar-refractivity contribution is -0.384. The number of halogens is 2. The van der Waals surface area contributed by atoms with E-state index in [-0.39, 0.29) is 56.0 Å². The van der Waals surface area contributed by atoms with Gasteiger partial charge in [-0.05, 0) is 42.8 Å². The summed E-state index contributed by atoms with van der Waals surface area (Å²) in [5, 5.41) is 23.7. The molecule has 3 aromatic carbocycles. The Kier molecular flexibility index (Phi) is 7.97. The molecule has 0 unspecified atom stereocenters. The third-order valence-corrected chi connectivity index (χ3v) is 9.70. The normalized spacial score (nSPS) is 13.7. The Morgan fingerprint density at radius 1 is 0.933 bits per heavy atom. The van der Waals surface area contributed by atoms with Crippen LogP contribution in [0.5, 0.6) is 11.5 Å². The van der Waals surface area contributed by atoms with Gasteiger partial charge in [-0.3, -0.25) is 20.2 Å². The molecule has 0 amide bonds. The summed E-state index contributed by atoms with van der Waals surface area (Å²) in [5.41, 5.74) is 0.197. The van der Waals surface area contributed by atoms with Crippen LogP contribution in [-0.4, -0.2) is 34.3 Å². The Bertz CT molecular complexity index is 2170. The van der Waals surface area contributed by atoms with E-state index in [4.69, 9.17) is 37.4 Å². The lowest BCUT2D eigenvalue weighted by atomic mass is 10.1. The van der Waals surface area contributed by atoms with Crippen LogP contribution in [0.4, 0.5) is 11.4 Å². The molecule has 0 saturated heterocycles. The highest BCUT2D eigenvalue weighted by atomic mass is 35.5. The van der Waals surface area contributed by atoms with Crippen LogP contribution in [0.1, 0.15) is 27.0 Å². The molecule has 0 fully saturated rings. The van der Waals surface area contributed by atoms with Crippen LogP contribution in [-0.2, 0) is 9.53 Å². The van der Waals surface area contributed by atoms with Crippen molar-refractivity contribution in [3.05, 3.63) is 106 Å². The standard InChI is InChI=1S/C29H15Cl2N3O9S2/c1-2-41-20-10-13(3-8-19(20)42-29(36)26-24(31)17-7-5-15(34(39)40)12-22(17)45-26)9-18-28(35)43-27(32-18)25-23(30)16-6-4-14(33(37)38)11-21(16)44-25/h3-12H,2H2,1H3/b18-9+. The lowest BCUT2D eigenvalue weighted by Gasteiger charge is -2.11. The zero-order valence-corrected chi connectivity index (χ0v) is 25.7. The minimum Gasteiger partial charge on any atom is -0.490 e. The molecule has 0 spiro atoms. The fraction of sp³-hybridized carbons (Fsp3) is 0.0690. The first-order valence-electron chi connectivity index (χ1n) is 12.8. The van der Waals surface area contributed by atoms with Gasteiger partial charge in [0.1, 0.15) is 9.75 Å². The van der Waals surface area contributed by atoms with Crippen molar-refractivity contribution in [3.63, 3.8) is 0 Å². The molecule has 0 aliphatic carbocycles. The minimum absolute atomic E-state index is 0.0390. The number of carbonyl (C=O) groups is 2. The summed E-state index contributed by atoms with van der Waals surface area (Å²) in [5.74, 6) is -1.29. The largest absolute Gasteiger partial charge is 0.490 e. The number of thiophene rings is 2. The zero-order valence-electron chi connectivity index (χ0n) is 22.6. The molecular weight excluding hydrogens is 669 g/mol. The van der Waals surface area contributed by atoms with E-state index in [1.54, 1.807) is 19.1 Å². The van der Waals surface area contributed by atoms with Crippen LogP contribution in [0.25, 0.3) is 26.2 Å². The number of carbonyl (C=O) groups excluding carboxylic acids is 2. The van der Waals surface area contributed by atoms with Crippen LogP contribution in [0.2, 0.25) is 10.0 Å². The number of hydrogen-bond acceptors (Lipinski definition) is 12. The number of hydrogen-bond donors (Lipinski definition) is 0. The van der Waals surface area contributed by atoms with Gasteiger partial charge in [0.05, 0.1) is 26.5 Å². The van der Waals surface area contributed by atoms with E-state index >= 15 is 0 Å². The highest BCUT2D eigenvalue weighted by molar-refractivity contribution is 7.22. The first-order valence-corrected chi connectivity index (χ1v) is 15.2. The average Bonchev–Trinajstić information content (AvgIpc) is 3.66. The summed E-state index contributed by atoms with van der Waals surface area (Å²) in [6, 6.07) is 12.9. The zero-order chi connectivity index (χ0) is 32.0. The predicted octanol–water partition coefficient (Wildman–Crippen LogP) is 8.20. The number of aliphatic imine (C=N–C) groups is 1. The van der Waals surface area contributed by atoms with Gasteiger partial charge in [-0.1, -0.05) is 29.3 Å². The van der Waals surface area contributed by atoms with Crippen molar-refractivity contribution in [2.75, 3.05) is 6.61 Å². The molecule has 45 heavy (non-hydrogen) atoms. The molecular formula is C29H15Cl2N3O9S2. The number of non-ortho nitro benzene ring substituents is 2. The van der Waals surface area contributed by atoms with Crippen LogP contribution < -0.4 is 9.47 Å². The number of cyclic esters (lactones) is 1. The van der Waals surface area contributed by atoms with Crippen LogP contribution in [0.3, 0.4) is 0 Å². The van der Waals surface area contributed by atoms with Crippen molar-refractivity contribution in [2.24, 2.45) is 4.99 Å². The quantitative estimate of drug-likeness (QED) is 0.0516. The molecule has 1 aliphatic rings. The topological polar surface area (TPSA) is 160 Å². The fourth-order valence-corrected chi connectivity index (χ4v) is 7.27. The summed E-state index contributed by atoms with van der Waals surface area (Å²) in [6.45, 7) is 1.96. The first-order chi connectivity index (χ1) is 21.5. The van der Waals surface area contributed by atoms with E-state index in [0.29, 0.717) is 30.6 Å². The van der Waals surface area contributed by atoms with E-state index in [1.165, 1.54) is 48.5 Å². The summed E-state index contributed by atoms with van der Waals surface area (Å²) in [7, 11) is 0. The lowest BCUT2D eigenvalue weighted by Crippen LogP contribution is -2.08. The number of fused-ring (bicyclic) bond motifs is 2. The van der Waals surface area contributed by atoms with Crippen LogP contribution in [0, 0.1) is 20.2 Å². The SMILES string of the molecule is CCOc1cc(/C=C2/N=C(c3sc4cc([N+](=O)[O-])ccc4c3Cl)OC2=O)ccc1OC(=O)c1sc2cc([N+](=O)[O-])ccc2c1Cl. The molecule has 16 heteroatoms. The van der Waals surface area contributed by atoms with Crippen molar-refractivity contribution >= 4 is 101 Å². The minimum atomic E-state index is -0.782. The fourth-order valence-electron chi connectivity index (χ4n) is 4.38. The van der Waals surface area contributed by atoms with E-state index < -0.39 is 21.8 Å². The maximum atomic E-state index is 13.1. The number of esters is 2. The molecule has 0 radical (unpaired) electrons. The summed E-state index contributed by atoms with van der Waals surface area (Å²) in [6.07, 6.45) is 1.45. The van der Waals surface area contributed by atoms with Gasteiger partial charge in [-0.15, -0.1) is 22.7 Å². The van der Waals surface area contributed by atoms with Crippen molar-refractivity contribution < 1.29 is 33.6 Å². The third kappa shape index (κ3) is 5.71. The molecule has 2 aromatic heterocycles. The van der Waals surface area contributed by atoms with Gasteiger partial charge in [0.15, 0.2) is 17.2 Å². The molecule has 5 aromatic rings. The predicted molar refractivity (Wildman–Crippen MR) is 170 cm³/mol. The van der Waals surface area contributed by atoms with Gasteiger partial charge in [-0.25, -0.2) is 14.6 Å². The van der Waals surface area contributed by atoms with Crippen molar-refractivity contribution in [2.45, 2.75) is 6.92 Å². The monoisotopic (exact) mass is 683 g/mol. The van der Waals surface area contributed by atoms with Crippen LogP contribution in [0.15, 0.2) is 65.3 Å². The van der Waals surface area contributed by atoms with E-state index in [1.807, 2.05) is 0 Å². The second-order valence-corrected chi connectivity index (χ2v) is 12.1. The summed E-state index contributed by atoms with van der Waals surface area (Å²) in [4.78, 5) is 51.7. The third-order valence-electron chi connectivity index (χ3n) is 6.42. The Morgan fingerprint density at radius 2 is 1.58 bits per heavy atom. The molecule has 0 N–H and O–H groups in total. The average molecular weight is 684 g/mol. The van der Waals surface area contributed by atoms with E-state index in [2.05, 4.69) is 4.99 Å². The highest BCUT2D eigenvalue weighted by Crippen LogP contribution is 2.40. The highest BCUT2D eigenvalue weighted by Gasteiger charge is 2.29.